The minimum Gasteiger partial charge on any atom is -0.453 e. The van der Waals surface area contributed by atoms with E-state index in [1.807, 2.05) is 0 Å². The number of amides is 3. The van der Waals surface area contributed by atoms with Crippen LogP contribution >= 0.6 is 0 Å². The average molecular weight is 367 g/mol. The summed E-state index contributed by atoms with van der Waals surface area (Å²) in [7, 11) is 1.28. The van der Waals surface area contributed by atoms with Crippen LogP contribution in [-0.4, -0.2) is 55.6 Å². The molecule has 3 amide bonds. The fourth-order valence-electron chi connectivity index (χ4n) is 3.91. The van der Waals surface area contributed by atoms with Crippen LogP contribution in [0.15, 0.2) is 0 Å². The molecule has 1 heterocycles. The van der Waals surface area contributed by atoms with Crippen molar-refractivity contribution < 1.29 is 19.1 Å². The maximum absolute atomic E-state index is 12.3. The normalized spacial score (nSPS) is 20.3. The van der Waals surface area contributed by atoms with Crippen molar-refractivity contribution in [2.24, 2.45) is 11.8 Å². The SMILES string of the molecule is COC(=O)NC(C)C(=O)N1CCC(CNC(=O)CC2CCCCC2)CC1. The predicted octanol–water partition coefficient (Wildman–Crippen LogP) is 2.06. The van der Waals surface area contributed by atoms with E-state index in [1.54, 1.807) is 11.8 Å². The van der Waals surface area contributed by atoms with Gasteiger partial charge in [0, 0.05) is 26.1 Å². The molecule has 26 heavy (non-hydrogen) atoms. The summed E-state index contributed by atoms with van der Waals surface area (Å²) in [5.74, 6) is 1.06. The van der Waals surface area contributed by atoms with Crippen LogP contribution in [-0.2, 0) is 14.3 Å². The van der Waals surface area contributed by atoms with E-state index in [0.29, 0.717) is 37.9 Å². The maximum atomic E-state index is 12.3. The second-order valence-electron chi connectivity index (χ2n) is 7.64. The summed E-state index contributed by atoms with van der Waals surface area (Å²) >= 11 is 0. The lowest BCUT2D eigenvalue weighted by Crippen LogP contribution is -2.50. The largest absolute Gasteiger partial charge is 0.453 e. The third kappa shape index (κ3) is 6.50. The van der Waals surface area contributed by atoms with E-state index < -0.39 is 12.1 Å². The van der Waals surface area contributed by atoms with Gasteiger partial charge in [-0.15, -0.1) is 0 Å². The number of carbonyl (C=O) groups excluding carboxylic acids is 3. The Bertz CT molecular complexity index is 483. The standard InChI is InChI=1S/C19H33N3O4/c1-14(21-19(25)26-2)18(24)22-10-8-16(9-11-22)13-20-17(23)12-15-6-4-3-5-7-15/h14-16H,3-13H2,1-2H3,(H,20,23)(H,21,25). The zero-order chi connectivity index (χ0) is 18.9. The lowest BCUT2D eigenvalue weighted by atomic mass is 9.87. The van der Waals surface area contributed by atoms with E-state index >= 15 is 0 Å². The Labute approximate surface area is 156 Å². The number of likely N-dealkylation sites (tertiary alicyclic amines) is 1. The van der Waals surface area contributed by atoms with E-state index in [0.717, 1.165) is 12.8 Å². The van der Waals surface area contributed by atoms with Gasteiger partial charge in [0.05, 0.1) is 7.11 Å². The Kier molecular flexibility index (Phi) is 8.19. The molecule has 0 aromatic heterocycles. The first-order valence-corrected chi connectivity index (χ1v) is 9.89. The highest BCUT2D eigenvalue weighted by molar-refractivity contribution is 5.85. The zero-order valence-corrected chi connectivity index (χ0v) is 16.1. The van der Waals surface area contributed by atoms with Crippen molar-refractivity contribution in [3.8, 4) is 0 Å². The van der Waals surface area contributed by atoms with Gasteiger partial charge in [0.2, 0.25) is 11.8 Å². The molecule has 0 aromatic rings. The van der Waals surface area contributed by atoms with Crippen molar-refractivity contribution in [1.29, 1.82) is 0 Å². The molecule has 0 bridgehead atoms. The Morgan fingerprint density at radius 1 is 1.04 bits per heavy atom. The van der Waals surface area contributed by atoms with Gasteiger partial charge < -0.3 is 20.3 Å². The number of nitrogens with zero attached hydrogens (tertiary/aromatic N) is 1. The van der Waals surface area contributed by atoms with Crippen molar-refractivity contribution in [1.82, 2.24) is 15.5 Å². The van der Waals surface area contributed by atoms with Gasteiger partial charge in [0.1, 0.15) is 6.04 Å². The number of rotatable bonds is 6. The van der Waals surface area contributed by atoms with Gasteiger partial charge in [0.25, 0.3) is 0 Å². The van der Waals surface area contributed by atoms with Crippen molar-refractivity contribution >= 4 is 17.9 Å². The number of carbonyl (C=O) groups is 3. The summed E-state index contributed by atoms with van der Waals surface area (Å²) in [5.41, 5.74) is 0. The maximum Gasteiger partial charge on any atom is 0.407 e. The van der Waals surface area contributed by atoms with Crippen LogP contribution in [0.4, 0.5) is 4.79 Å². The molecule has 1 atom stereocenters. The molecule has 2 rings (SSSR count). The third-order valence-electron chi connectivity index (χ3n) is 5.60. The highest BCUT2D eigenvalue weighted by Gasteiger charge is 2.27. The second-order valence-corrected chi connectivity index (χ2v) is 7.64. The van der Waals surface area contributed by atoms with Crippen molar-refractivity contribution in [2.75, 3.05) is 26.7 Å². The molecule has 1 saturated carbocycles. The Balaban J connectivity index is 1.64. The summed E-state index contributed by atoms with van der Waals surface area (Å²) in [4.78, 5) is 37.4. The summed E-state index contributed by atoms with van der Waals surface area (Å²) < 4.78 is 4.52. The molecular weight excluding hydrogens is 334 g/mol. The van der Waals surface area contributed by atoms with Gasteiger partial charge in [-0.2, -0.15) is 0 Å². The highest BCUT2D eigenvalue weighted by Crippen LogP contribution is 2.26. The molecule has 0 aromatic carbocycles. The quantitative estimate of drug-likeness (QED) is 0.752. The monoisotopic (exact) mass is 367 g/mol. The van der Waals surface area contributed by atoms with E-state index in [2.05, 4.69) is 15.4 Å². The smallest absolute Gasteiger partial charge is 0.407 e. The van der Waals surface area contributed by atoms with Crippen LogP contribution in [0, 0.1) is 11.8 Å². The lowest BCUT2D eigenvalue weighted by Gasteiger charge is -2.33. The highest BCUT2D eigenvalue weighted by atomic mass is 16.5. The van der Waals surface area contributed by atoms with Crippen LogP contribution in [0.25, 0.3) is 0 Å². The van der Waals surface area contributed by atoms with E-state index in [-0.39, 0.29) is 11.8 Å². The molecule has 2 fully saturated rings. The molecule has 0 radical (unpaired) electrons. The average Bonchev–Trinajstić information content (AvgIpc) is 2.66. The first-order valence-electron chi connectivity index (χ1n) is 9.89. The van der Waals surface area contributed by atoms with Crippen molar-refractivity contribution in [3.05, 3.63) is 0 Å². The number of ether oxygens (including phenoxy) is 1. The van der Waals surface area contributed by atoms with Crippen molar-refractivity contribution in [3.63, 3.8) is 0 Å². The number of alkyl carbamates (subject to hydrolysis) is 1. The number of piperidine rings is 1. The van der Waals surface area contributed by atoms with E-state index in [4.69, 9.17) is 0 Å². The summed E-state index contributed by atoms with van der Waals surface area (Å²) in [6, 6.07) is -0.589. The van der Waals surface area contributed by atoms with E-state index in [1.165, 1.54) is 39.2 Å². The van der Waals surface area contributed by atoms with Crippen LogP contribution < -0.4 is 10.6 Å². The molecule has 2 N–H and O–H groups in total. The number of hydrogen-bond acceptors (Lipinski definition) is 4. The number of methoxy groups -OCH3 is 1. The Hall–Kier alpha value is -1.79. The fraction of sp³-hybridized carbons (Fsp3) is 0.842. The van der Waals surface area contributed by atoms with Crippen LogP contribution in [0.3, 0.4) is 0 Å². The number of hydrogen-bond donors (Lipinski definition) is 2. The number of nitrogens with one attached hydrogen (secondary N) is 2. The predicted molar refractivity (Wildman–Crippen MR) is 98.5 cm³/mol. The molecule has 7 nitrogen and oxygen atoms in total. The molecule has 1 aliphatic heterocycles. The first-order chi connectivity index (χ1) is 12.5. The third-order valence-corrected chi connectivity index (χ3v) is 5.60. The Morgan fingerprint density at radius 2 is 1.69 bits per heavy atom. The van der Waals surface area contributed by atoms with Gasteiger partial charge in [-0.3, -0.25) is 9.59 Å². The van der Waals surface area contributed by atoms with Gasteiger partial charge in [-0.05, 0) is 44.4 Å². The fourth-order valence-corrected chi connectivity index (χ4v) is 3.91. The first kappa shape index (κ1) is 20.5. The molecule has 1 aliphatic carbocycles. The lowest BCUT2D eigenvalue weighted by molar-refractivity contribution is -0.134. The van der Waals surface area contributed by atoms with Gasteiger partial charge in [-0.25, -0.2) is 4.79 Å². The van der Waals surface area contributed by atoms with Crippen LogP contribution in [0.2, 0.25) is 0 Å². The molecule has 7 heteroatoms. The minimum atomic E-state index is -0.596. The van der Waals surface area contributed by atoms with Gasteiger partial charge in [-0.1, -0.05) is 19.3 Å². The van der Waals surface area contributed by atoms with Gasteiger partial charge in [0.15, 0.2) is 0 Å². The minimum absolute atomic E-state index is 0.0878. The van der Waals surface area contributed by atoms with Crippen LogP contribution in [0.1, 0.15) is 58.3 Å². The molecule has 0 spiro atoms. The van der Waals surface area contributed by atoms with Gasteiger partial charge >= 0.3 is 6.09 Å². The summed E-state index contributed by atoms with van der Waals surface area (Å²) in [6.45, 7) is 3.69. The molecule has 1 saturated heterocycles. The molecule has 1 unspecified atom stereocenters. The van der Waals surface area contributed by atoms with Crippen LogP contribution in [0.5, 0.6) is 0 Å². The summed E-state index contributed by atoms with van der Waals surface area (Å²) in [5, 5.41) is 5.59. The zero-order valence-electron chi connectivity index (χ0n) is 16.1. The van der Waals surface area contributed by atoms with Crippen molar-refractivity contribution in [2.45, 2.75) is 64.3 Å². The Morgan fingerprint density at radius 3 is 2.31 bits per heavy atom. The molecular formula is C19H33N3O4. The second kappa shape index (κ2) is 10.4. The molecule has 148 valence electrons. The summed E-state index contributed by atoms with van der Waals surface area (Å²) in [6.07, 6.45) is 8.01. The molecule has 2 aliphatic rings. The van der Waals surface area contributed by atoms with E-state index in [9.17, 15) is 14.4 Å². The topological polar surface area (TPSA) is 87.7 Å².